The molecule has 0 atom stereocenters. The molecule has 1 fully saturated rings. The molecule has 0 saturated heterocycles. The van der Waals surface area contributed by atoms with E-state index in [1.165, 1.54) is 36.8 Å². The van der Waals surface area contributed by atoms with Crippen LogP contribution in [0.25, 0.3) is 0 Å². The molecule has 0 spiro atoms. The third kappa shape index (κ3) is 3.73. The minimum atomic E-state index is 0.695. The number of ether oxygens (including phenoxy) is 1. The van der Waals surface area contributed by atoms with Gasteiger partial charge in [0.05, 0.1) is 7.11 Å². The summed E-state index contributed by atoms with van der Waals surface area (Å²) in [7, 11) is 3.80. The molecular formula is C17H27NO. The van der Waals surface area contributed by atoms with E-state index in [9.17, 15) is 0 Å². The number of methoxy groups -OCH3 is 1. The van der Waals surface area contributed by atoms with Gasteiger partial charge in [-0.25, -0.2) is 0 Å². The van der Waals surface area contributed by atoms with Crippen molar-refractivity contribution in [2.45, 2.75) is 44.9 Å². The van der Waals surface area contributed by atoms with Gasteiger partial charge in [0.2, 0.25) is 0 Å². The molecule has 1 N–H and O–H groups in total. The van der Waals surface area contributed by atoms with Crippen molar-refractivity contribution in [3.8, 4) is 5.75 Å². The third-order valence-corrected chi connectivity index (χ3v) is 4.41. The molecule has 0 aromatic heterocycles. The summed E-state index contributed by atoms with van der Waals surface area (Å²) in [6.45, 7) is 3.41. The number of hydrogen-bond acceptors (Lipinski definition) is 2. The van der Waals surface area contributed by atoms with Gasteiger partial charge in [-0.1, -0.05) is 31.9 Å². The molecular weight excluding hydrogens is 234 g/mol. The molecule has 2 heteroatoms. The lowest BCUT2D eigenvalue weighted by Crippen LogP contribution is -2.13. The fraction of sp³-hybridized carbons (Fsp3) is 0.647. The summed E-state index contributed by atoms with van der Waals surface area (Å²) in [4.78, 5) is 0. The van der Waals surface area contributed by atoms with E-state index in [4.69, 9.17) is 4.74 Å². The molecule has 0 unspecified atom stereocenters. The first kappa shape index (κ1) is 14.4. The van der Waals surface area contributed by atoms with Gasteiger partial charge in [-0.05, 0) is 61.9 Å². The normalized spacial score (nSPS) is 23.3. The first-order valence-corrected chi connectivity index (χ1v) is 7.56. The average Bonchev–Trinajstić information content (AvgIpc) is 2.45. The van der Waals surface area contributed by atoms with E-state index >= 15 is 0 Å². The largest absolute Gasteiger partial charge is 0.496 e. The molecule has 0 aliphatic heterocycles. The summed E-state index contributed by atoms with van der Waals surface area (Å²) < 4.78 is 5.57. The number of likely N-dealkylation sites (N-methyl/N-ethyl adjacent to an activating group) is 1. The Bertz CT molecular complexity index is 394. The smallest absolute Gasteiger partial charge is 0.122 e. The van der Waals surface area contributed by atoms with Crippen molar-refractivity contribution >= 4 is 0 Å². The van der Waals surface area contributed by atoms with Crippen LogP contribution in [0, 0.1) is 5.92 Å². The van der Waals surface area contributed by atoms with Crippen LogP contribution in [0.2, 0.25) is 0 Å². The Morgan fingerprint density at radius 2 is 1.95 bits per heavy atom. The zero-order valence-corrected chi connectivity index (χ0v) is 12.5. The lowest BCUT2D eigenvalue weighted by atomic mass is 9.79. The minimum absolute atomic E-state index is 0.695. The van der Waals surface area contributed by atoms with Crippen LogP contribution in [-0.2, 0) is 6.42 Å². The number of hydrogen-bond donors (Lipinski definition) is 1. The van der Waals surface area contributed by atoms with E-state index in [1.807, 2.05) is 7.05 Å². The van der Waals surface area contributed by atoms with Crippen LogP contribution in [0.1, 0.15) is 49.7 Å². The van der Waals surface area contributed by atoms with Gasteiger partial charge in [-0.2, -0.15) is 0 Å². The monoisotopic (exact) mass is 261 g/mol. The average molecular weight is 261 g/mol. The van der Waals surface area contributed by atoms with Crippen LogP contribution >= 0.6 is 0 Å². The summed E-state index contributed by atoms with van der Waals surface area (Å²) in [6, 6.07) is 6.72. The van der Waals surface area contributed by atoms with Crippen molar-refractivity contribution in [2.24, 2.45) is 5.92 Å². The van der Waals surface area contributed by atoms with Gasteiger partial charge in [0.15, 0.2) is 0 Å². The van der Waals surface area contributed by atoms with Crippen LogP contribution in [0.3, 0.4) is 0 Å². The number of benzene rings is 1. The standard InChI is InChI=1S/C17H27NO/c1-13-4-7-15(8-5-13)16-12-14(10-11-18-2)6-9-17(16)19-3/h6,9,12-13,15,18H,4-5,7-8,10-11H2,1-3H3. The van der Waals surface area contributed by atoms with Crippen molar-refractivity contribution in [1.29, 1.82) is 0 Å². The molecule has 2 nitrogen and oxygen atoms in total. The van der Waals surface area contributed by atoms with Gasteiger partial charge >= 0.3 is 0 Å². The van der Waals surface area contributed by atoms with Crippen LogP contribution < -0.4 is 10.1 Å². The zero-order chi connectivity index (χ0) is 13.7. The Labute approximate surface area is 117 Å². The summed E-state index contributed by atoms with van der Waals surface area (Å²) in [5, 5.41) is 3.22. The quantitative estimate of drug-likeness (QED) is 0.871. The van der Waals surface area contributed by atoms with Crippen LogP contribution in [0.5, 0.6) is 5.75 Å². The van der Waals surface area contributed by atoms with Crippen molar-refractivity contribution in [3.63, 3.8) is 0 Å². The predicted octanol–water partition coefficient (Wildman–Crippen LogP) is 3.75. The van der Waals surface area contributed by atoms with Crippen molar-refractivity contribution < 1.29 is 4.74 Å². The highest BCUT2D eigenvalue weighted by molar-refractivity contribution is 5.40. The third-order valence-electron chi connectivity index (χ3n) is 4.41. The van der Waals surface area contributed by atoms with Gasteiger partial charge < -0.3 is 10.1 Å². The van der Waals surface area contributed by atoms with Crippen LogP contribution in [0.15, 0.2) is 18.2 Å². The molecule has 0 heterocycles. The van der Waals surface area contributed by atoms with E-state index in [0.29, 0.717) is 5.92 Å². The highest BCUT2D eigenvalue weighted by Gasteiger charge is 2.22. The first-order valence-electron chi connectivity index (χ1n) is 7.56. The van der Waals surface area contributed by atoms with Crippen LogP contribution in [0.4, 0.5) is 0 Å². The highest BCUT2D eigenvalue weighted by Crippen LogP contribution is 2.39. The fourth-order valence-corrected chi connectivity index (χ4v) is 3.10. The maximum atomic E-state index is 5.57. The molecule has 0 amide bonds. The summed E-state index contributed by atoms with van der Waals surface area (Å²) in [6.07, 6.45) is 6.43. The molecule has 0 radical (unpaired) electrons. The maximum Gasteiger partial charge on any atom is 0.122 e. The Hall–Kier alpha value is -1.02. The van der Waals surface area contributed by atoms with Gasteiger partial charge in [0.1, 0.15) is 5.75 Å². The minimum Gasteiger partial charge on any atom is -0.496 e. The Morgan fingerprint density at radius 1 is 1.21 bits per heavy atom. The second kappa shape index (κ2) is 6.95. The lowest BCUT2D eigenvalue weighted by molar-refractivity contribution is 0.336. The van der Waals surface area contributed by atoms with Gasteiger partial charge in [-0.3, -0.25) is 0 Å². The number of rotatable bonds is 5. The summed E-state index contributed by atoms with van der Waals surface area (Å²) >= 11 is 0. The molecule has 1 aromatic rings. The molecule has 106 valence electrons. The molecule has 19 heavy (non-hydrogen) atoms. The Morgan fingerprint density at radius 3 is 2.58 bits per heavy atom. The van der Waals surface area contributed by atoms with E-state index < -0.39 is 0 Å². The maximum absolute atomic E-state index is 5.57. The van der Waals surface area contributed by atoms with Gasteiger partial charge in [0.25, 0.3) is 0 Å². The van der Waals surface area contributed by atoms with E-state index in [0.717, 1.165) is 24.6 Å². The molecule has 1 aromatic carbocycles. The molecule has 1 saturated carbocycles. The van der Waals surface area contributed by atoms with E-state index in [-0.39, 0.29) is 0 Å². The van der Waals surface area contributed by atoms with Crippen molar-refractivity contribution in [3.05, 3.63) is 29.3 Å². The SMILES string of the molecule is CNCCc1ccc(OC)c(C2CCC(C)CC2)c1. The Kier molecular flexibility index (Phi) is 5.26. The topological polar surface area (TPSA) is 21.3 Å². The second-order valence-electron chi connectivity index (χ2n) is 5.89. The second-order valence-corrected chi connectivity index (χ2v) is 5.89. The lowest BCUT2D eigenvalue weighted by Gasteiger charge is -2.28. The van der Waals surface area contributed by atoms with Crippen LogP contribution in [-0.4, -0.2) is 20.7 Å². The molecule has 2 rings (SSSR count). The van der Waals surface area contributed by atoms with Gasteiger partial charge in [-0.15, -0.1) is 0 Å². The molecule has 1 aliphatic rings. The predicted molar refractivity (Wildman–Crippen MR) is 81.0 cm³/mol. The van der Waals surface area contributed by atoms with Crippen molar-refractivity contribution in [1.82, 2.24) is 5.32 Å². The zero-order valence-electron chi connectivity index (χ0n) is 12.5. The molecule has 0 bridgehead atoms. The van der Waals surface area contributed by atoms with E-state index in [1.54, 1.807) is 7.11 Å². The van der Waals surface area contributed by atoms with Crippen molar-refractivity contribution in [2.75, 3.05) is 20.7 Å². The van der Waals surface area contributed by atoms with Gasteiger partial charge in [0, 0.05) is 0 Å². The Balaban J connectivity index is 2.15. The summed E-state index contributed by atoms with van der Waals surface area (Å²) in [5.74, 6) is 2.67. The first-order chi connectivity index (χ1) is 9.24. The molecule has 1 aliphatic carbocycles. The highest BCUT2D eigenvalue weighted by atomic mass is 16.5. The number of nitrogens with one attached hydrogen (secondary N) is 1. The van der Waals surface area contributed by atoms with E-state index in [2.05, 4.69) is 30.4 Å². The fourth-order valence-electron chi connectivity index (χ4n) is 3.10. The summed E-state index contributed by atoms with van der Waals surface area (Å²) in [5.41, 5.74) is 2.85.